The number of benzene rings is 2. The third-order valence-electron chi connectivity index (χ3n) is 4.96. The zero-order valence-corrected chi connectivity index (χ0v) is 16.1. The second kappa shape index (κ2) is 7.66. The quantitative estimate of drug-likeness (QED) is 0.559. The Morgan fingerprint density at radius 3 is 2.21 bits per heavy atom. The molecule has 1 aromatic heterocycles. The fourth-order valence-corrected chi connectivity index (χ4v) is 3.48. The molecule has 1 heterocycles. The highest BCUT2D eigenvalue weighted by atomic mass is 19.4. The molecule has 0 bridgehead atoms. The van der Waals surface area contributed by atoms with E-state index in [1.165, 1.54) is 4.57 Å². The van der Waals surface area contributed by atoms with Crippen LogP contribution in [0.15, 0.2) is 59.4 Å². The van der Waals surface area contributed by atoms with Gasteiger partial charge < -0.3 is 4.57 Å². The van der Waals surface area contributed by atoms with Crippen LogP contribution < -0.4 is 5.56 Å². The summed E-state index contributed by atoms with van der Waals surface area (Å²) in [6, 6.07) is 15.7. The molecule has 5 heteroatoms. The molecule has 2 aromatic carbocycles. The van der Waals surface area contributed by atoms with Crippen molar-refractivity contribution in [1.29, 1.82) is 0 Å². The van der Waals surface area contributed by atoms with Crippen LogP contribution in [0.3, 0.4) is 0 Å². The first-order chi connectivity index (χ1) is 13.2. The van der Waals surface area contributed by atoms with Crippen molar-refractivity contribution in [3.05, 3.63) is 92.8 Å². The fraction of sp³-hybridized carbons (Fsp3) is 0.261. The second-order valence-electron chi connectivity index (χ2n) is 6.96. The summed E-state index contributed by atoms with van der Waals surface area (Å²) in [7, 11) is 0. The molecule has 0 unspecified atom stereocenters. The highest BCUT2D eigenvalue weighted by Gasteiger charge is 2.35. The second-order valence-corrected chi connectivity index (χ2v) is 6.96. The van der Waals surface area contributed by atoms with Gasteiger partial charge in [-0.25, -0.2) is 0 Å². The summed E-state index contributed by atoms with van der Waals surface area (Å²) >= 11 is 0. The molecule has 0 aliphatic rings. The van der Waals surface area contributed by atoms with Crippen molar-refractivity contribution < 1.29 is 13.2 Å². The number of hydrogen-bond donors (Lipinski definition) is 0. The van der Waals surface area contributed by atoms with E-state index in [9.17, 15) is 18.0 Å². The third-order valence-corrected chi connectivity index (χ3v) is 4.96. The van der Waals surface area contributed by atoms with Crippen LogP contribution in [0, 0.1) is 13.8 Å². The van der Waals surface area contributed by atoms with E-state index in [0.29, 0.717) is 5.56 Å². The SMILES string of the molecule is CCc1c(C(F)(F)F)cc(-c2ccccc2)n(Cc2ccc(C)cc2C)c1=O. The van der Waals surface area contributed by atoms with Crippen LogP contribution in [-0.4, -0.2) is 4.57 Å². The molecule has 146 valence electrons. The van der Waals surface area contributed by atoms with Gasteiger partial charge in [0.15, 0.2) is 0 Å². The molecule has 28 heavy (non-hydrogen) atoms. The summed E-state index contributed by atoms with van der Waals surface area (Å²) in [6.07, 6.45) is -4.55. The van der Waals surface area contributed by atoms with E-state index in [4.69, 9.17) is 0 Å². The smallest absolute Gasteiger partial charge is 0.304 e. The van der Waals surface area contributed by atoms with Gasteiger partial charge in [0.1, 0.15) is 0 Å². The molecule has 0 N–H and O–H groups in total. The maximum Gasteiger partial charge on any atom is 0.416 e. The first-order valence-corrected chi connectivity index (χ1v) is 9.17. The number of aryl methyl sites for hydroxylation is 2. The Morgan fingerprint density at radius 2 is 1.64 bits per heavy atom. The van der Waals surface area contributed by atoms with Crippen LogP contribution >= 0.6 is 0 Å². The van der Waals surface area contributed by atoms with Crippen molar-refractivity contribution in [2.45, 2.75) is 39.9 Å². The first-order valence-electron chi connectivity index (χ1n) is 9.17. The number of rotatable bonds is 4. The lowest BCUT2D eigenvalue weighted by Gasteiger charge is -2.20. The van der Waals surface area contributed by atoms with E-state index in [1.807, 2.05) is 32.0 Å². The number of hydrogen-bond acceptors (Lipinski definition) is 1. The number of halogens is 3. The molecule has 0 fully saturated rings. The summed E-state index contributed by atoms with van der Waals surface area (Å²) in [5, 5.41) is 0. The number of alkyl halides is 3. The van der Waals surface area contributed by atoms with Gasteiger partial charge >= 0.3 is 6.18 Å². The highest BCUT2D eigenvalue weighted by Crippen LogP contribution is 2.34. The van der Waals surface area contributed by atoms with Gasteiger partial charge in [-0.2, -0.15) is 13.2 Å². The van der Waals surface area contributed by atoms with Gasteiger partial charge in [0.2, 0.25) is 0 Å². The Hall–Kier alpha value is -2.82. The molecule has 0 aliphatic carbocycles. The molecule has 0 saturated carbocycles. The molecule has 3 aromatic rings. The van der Waals surface area contributed by atoms with Crippen LogP contribution in [0.5, 0.6) is 0 Å². The standard InChI is InChI=1S/C23H22F3NO/c1-4-19-20(23(24,25)26)13-21(17-8-6-5-7-9-17)27(22(19)28)14-18-11-10-15(2)12-16(18)3/h5-13H,4,14H2,1-3H3. The number of nitrogens with zero attached hydrogens (tertiary/aromatic N) is 1. The molecule has 0 amide bonds. The van der Waals surface area contributed by atoms with Gasteiger partial charge in [0.25, 0.3) is 5.56 Å². The average Bonchev–Trinajstić information content (AvgIpc) is 2.64. The molecule has 0 spiro atoms. The topological polar surface area (TPSA) is 22.0 Å². The maximum atomic E-state index is 13.6. The lowest BCUT2D eigenvalue weighted by atomic mass is 10.0. The molecular weight excluding hydrogens is 363 g/mol. The summed E-state index contributed by atoms with van der Waals surface area (Å²) in [6.45, 7) is 5.72. The van der Waals surface area contributed by atoms with Crippen LogP contribution in [0.4, 0.5) is 13.2 Å². The molecular formula is C23H22F3NO. The lowest BCUT2D eigenvalue weighted by Crippen LogP contribution is -2.29. The van der Waals surface area contributed by atoms with Crippen LogP contribution in [0.1, 0.15) is 34.7 Å². The maximum absolute atomic E-state index is 13.6. The van der Waals surface area contributed by atoms with E-state index in [0.717, 1.165) is 22.8 Å². The normalized spacial score (nSPS) is 11.6. The van der Waals surface area contributed by atoms with E-state index < -0.39 is 17.3 Å². The predicted octanol–water partition coefficient (Wildman–Crippen LogP) is 5.76. The average molecular weight is 385 g/mol. The molecule has 0 radical (unpaired) electrons. The Bertz CT molecular complexity index is 1050. The molecule has 0 atom stereocenters. The Balaban J connectivity index is 2.29. The number of aromatic nitrogens is 1. The van der Waals surface area contributed by atoms with Gasteiger partial charge in [0, 0.05) is 5.56 Å². The summed E-state index contributed by atoms with van der Waals surface area (Å²) < 4.78 is 42.3. The minimum Gasteiger partial charge on any atom is -0.304 e. The molecule has 0 saturated heterocycles. The van der Waals surface area contributed by atoms with Gasteiger partial charge in [-0.3, -0.25) is 4.79 Å². The predicted molar refractivity (Wildman–Crippen MR) is 106 cm³/mol. The van der Waals surface area contributed by atoms with Gasteiger partial charge in [-0.05, 0) is 43.0 Å². The Morgan fingerprint density at radius 1 is 0.964 bits per heavy atom. The van der Waals surface area contributed by atoms with Crippen molar-refractivity contribution in [2.24, 2.45) is 0 Å². The monoisotopic (exact) mass is 385 g/mol. The van der Waals surface area contributed by atoms with E-state index in [2.05, 4.69) is 0 Å². The number of pyridine rings is 1. The summed E-state index contributed by atoms with van der Waals surface area (Å²) in [5.74, 6) is 0. The van der Waals surface area contributed by atoms with Crippen LogP contribution in [0.2, 0.25) is 0 Å². The van der Waals surface area contributed by atoms with Crippen LogP contribution in [-0.2, 0) is 19.1 Å². The fourth-order valence-electron chi connectivity index (χ4n) is 3.48. The largest absolute Gasteiger partial charge is 0.416 e. The van der Waals surface area contributed by atoms with Gasteiger partial charge in [-0.1, -0.05) is 61.0 Å². The van der Waals surface area contributed by atoms with E-state index >= 15 is 0 Å². The molecule has 2 nitrogen and oxygen atoms in total. The van der Waals surface area contributed by atoms with Crippen molar-refractivity contribution in [3.63, 3.8) is 0 Å². The first kappa shape index (κ1) is 19.9. The minimum absolute atomic E-state index is 0.0234. The van der Waals surface area contributed by atoms with E-state index in [1.54, 1.807) is 37.3 Å². The Kier molecular flexibility index (Phi) is 5.45. The Labute approximate surface area is 162 Å². The summed E-state index contributed by atoms with van der Waals surface area (Å²) in [4.78, 5) is 13.1. The van der Waals surface area contributed by atoms with E-state index in [-0.39, 0.29) is 24.2 Å². The summed E-state index contributed by atoms with van der Waals surface area (Å²) in [5.41, 5.74) is 2.23. The van der Waals surface area contributed by atoms with Gasteiger partial charge in [0.05, 0.1) is 17.8 Å². The van der Waals surface area contributed by atoms with Crippen molar-refractivity contribution in [1.82, 2.24) is 4.57 Å². The zero-order chi connectivity index (χ0) is 20.5. The molecule has 3 rings (SSSR count). The molecule has 0 aliphatic heterocycles. The van der Waals surface area contributed by atoms with Crippen molar-refractivity contribution >= 4 is 0 Å². The zero-order valence-electron chi connectivity index (χ0n) is 16.1. The third kappa shape index (κ3) is 3.88. The van der Waals surface area contributed by atoms with Crippen molar-refractivity contribution in [2.75, 3.05) is 0 Å². The highest BCUT2D eigenvalue weighted by molar-refractivity contribution is 5.61. The van der Waals surface area contributed by atoms with Gasteiger partial charge in [-0.15, -0.1) is 0 Å². The minimum atomic E-state index is -4.58. The van der Waals surface area contributed by atoms with Crippen LogP contribution in [0.25, 0.3) is 11.3 Å². The lowest BCUT2D eigenvalue weighted by molar-refractivity contribution is -0.138. The van der Waals surface area contributed by atoms with Crippen molar-refractivity contribution in [3.8, 4) is 11.3 Å².